The van der Waals surface area contributed by atoms with Gasteiger partial charge in [-0.2, -0.15) is 0 Å². The summed E-state index contributed by atoms with van der Waals surface area (Å²) in [5.41, 5.74) is 2.65. The van der Waals surface area contributed by atoms with Crippen LogP contribution in [-0.4, -0.2) is 36.3 Å². The normalized spacial score (nSPS) is 12.0. The Morgan fingerprint density at radius 3 is 2.64 bits per heavy atom. The Morgan fingerprint density at radius 1 is 1.20 bits per heavy atom. The Kier molecular flexibility index (Phi) is 4.94. The summed E-state index contributed by atoms with van der Waals surface area (Å²) < 4.78 is 16.5. The van der Waals surface area contributed by atoms with E-state index < -0.39 is 12.1 Å². The van der Waals surface area contributed by atoms with Crippen LogP contribution in [0.25, 0.3) is 22.4 Å². The lowest BCUT2D eigenvalue weighted by atomic mass is 10.2. The highest BCUT2D eigenvalue weighted by molar-refractivity contribution is 9.10. The zero-order valence-corrected chi connectivity index (χ0v) is 15.6. The molecule has 7 heteroatoms. The van der Waals surface area contributed by atoms with Crippen LogP contribution in [0.1, 0.15) is 6.92 Å². The molecule has 2 aromatic carbocycles. The standard InChI is InChI=1S/C18H17BrN2O4/c1-10(18(22)24-3)25-16-9-12(19)11(8-15(16)23-2)17-20-13-6-4-5-7-14(13)21-17/h4-10H,1-3H3,(H,20,21). The van der Waals surface area contributed by atoms with Crippen LogP contribution in [0.3, 0.4) is 0 Å². The molecule has 130 valence electrons. The summed E-state index contributed by atoms with van der Waals surface area (Å²) in [4.78, 5) is 19.4. The predicted octanol–water partition coefficient (Wildman–Crippen LogP) is 3.94. The molecule has 1 atom stereocenters. The van der Waals surface area contributed by atoms with E-state index in [0.717, 1.165) is 21.1 Å². The van der Waals surface area contributed by atoms with Crippen molar-refractivity contribution in [1.29, 1.82) is 0 Å². The molecule has 1 aromatic heterocycles. The molecule has 1 heterocycles. The number of para-hydroxylation sites is 2. The van der Waals surface area contributed by atoms with Gasteiger partial charge in [-0.1, -0.05) is 12.1 Å². The molecule has 25 heavy (non-hydrogen) atoms. The second-order valence-corrected chi connectivity index (χ2v) is 6.22. The summed E-state index contributed by atoms with van der Waals surface area (Å²) in [7, 11) is 2.86. The van der Waals surface area contributed by atoms with E-state index in [2.05, 4.69) is 30.6 Å². The van der Waals surface area contributed by atoms with Crippen LogP contribution in [-0.2, 0) is 9.53 Å². The Hall–Kier alpha value is -2.54. The maximum absolute atomic E-state index is 11.6. The van der Waals surface area contributed by atoms with Crippen LogP contribution >= 0.6 is 15.9 Å². The molecule has 0 radical (unpaired) electrons. The minimum atomic E-state index is -0.747. The molecule has 0 aliphatic heterocycles. The number of aromatic nitrogens is 2. The number of nitrogens with one attached hydrogen (secondary N) is 1. The first-order valence-electron chi connectivity index (χ1n) is 7.60. The highest BCUT2D eigenvalue weighted by Crippen LogP contribution is 2.38. The second kappa shape index (κ2) is 7.14. The monoisotopic (exact) mass is 404 g/mol. The van der Waals surface area contributed by atoms with Gasteiger partial charge in [-0.25, -0.2) is 9.78 Å². The molecule has 0 saturated carbocycles. The van der Waals surface area contributed by atoms with E-state index in [-0.39, 0.29) is 0 Å². The number of hydrogen-bond acceptors (Lipinski definition) is 5. The molecule has 0 aliphatic rings. The van der Waals surface area contributed by atoms with Gasteiger partial charge in [0.2, 0.25) is 0 Å². The van der Waals surface area contributed by atoms with Crippen LogP contribution in [0, 0.1) is 0 Å². The molecule has 0 aliphatic carbocycles. The van der Waals surface area contributed by atoms with E-state index in [1.807, 2.05) is 24.3 Å². The average molecular weight is 405 g/mol. The summed E-state index contributed by atoms with van der Waals surface area (Å²) in [5, 5.41) is 0. The first-order valence-corrected chi connectivity index (χ1v) is 8.40. The first kappa shape index (κ1) is 17.3. The molecular formula is C18H17BrN2O4. The van der Waals surface area contributed by atoms with Crippen LogP contribution in [0.5, 0.6) is 11.5 Å². The Balaban J connectivity index is 2.00. The molecule has 3 rings (SSSR count). The number of nitrogens with zero attached hydrogens (tertiary/aromatic N) is 1. The van der Waals surface area contributed by atoms with Crippen molar-refractivity contribution < 1.29 is 19.0 Å². The van der Waals surface area contributed by atoms with Crippen LogP contribution in [0.4, 0.5) is 0 Å². The average Bonchev–Trinajstić information content (AvgIpc) is 3.04. The lowest BCUT2D eigenvalue weighted by molar-refractivity contribution is -0.147. The number of ether oxygens (including phenoxy) is 3. The summed E-state index contributed by atoms with van der Waals surface area (Å²) in [6.45, 7) is 1.62. The number of carbonyl (C=O) groups excluding carboxylic acids is 1. The molecule has 6 nitrogen and oxygen atoms in total. The minimum Gasteiger partial charge on any atom is -0.493 e. The Morgan fingerprint density at radius 2 is 1.96 bits per heavy atom. The molecule has 1 unspecified atom stereocenters. The third-order valence-electron chi connectivity index (χ3n) is 3.73. The zero-order valence-electron chi connectivity index (χ0n) is 14.0. The number of aromatic amines is 1. The van der Waals surface area contributed by atoms with E-state index in [1.165, 1.54) is 7.11 Å². The van der Waals surface area contributed by atoms with E-state index in [4.69, 9.17) is 9.47 Å². The number of imidazole rings is 1. The number of esters is 1. The van der Waals surface area contributed by atoms with Crippen molar-refractivity contribution in [3.63, 3.8) is 0 Å². The van der Waals surface area contributed by atoms with Crippen molar-refractivity contribution >= 4 is 32.9 Å². The van der Waals surface area contributed by atoms with Crippen molar-refractivity contribution in [2.24, 2.45) is 0 Å². The molecule has 0 bridgehead atoms. The van der Waals surface area contributed by atoms with Gasteiger partial charge in [-0.15, -0.1) is 0 Å². The van der Waals surface area contributed by atoms with Gasteiger partial charge in [-0.05, 0) is 47.1 Å². The van der Waals surface area contributed by atoms with Crippen molar-refractivity contribution in [2.45, 2.75) is 13.0 Å². The number of carbonyl (C=O) groups is 1. The van der Waals surface area contributed by atoms with E-state index in [1.54, 1.807) is 26.2 Å². The van der Waals surface area contributed by atoms with Gasteiger partial charge >= 0.3 is 5.97 Å². The molecule has 0 spiro atoms. The Labute approximate surface area is 153 Å². The van der Waals surface area contributed by atoms with Crippen molar-refractivity contribution in [1.82, 2.24) is 9.97 Å². The van der Waals surface area contributed by atoms with E-state index >= 15 is 0 Å². The molecule has 0 amide bonds. The van der Waals surface area contributed by atoms with Gasteiger partial charge in [0, 0.05) is 10.0 Å². The van der Waals surface area contributed by atoms with Crippen LogP contribution < -0.4 is 9.47 Å². The predicted molar refractivity (Wildman–Crippen MR) is 97.9 cm³/mol. The third-order valence-corrected chi connectivity index (χ3v) is 4.39. The van der Waals surface area contributed by atoms with Crippen LogP contribution in [0.2, 0.25) is 0 Å². The number of hydrogen-bond donors (Lipinski definition) is 1. The smallest absolute Gasteiger partial charge is 0.346 e. The molecule has 3 aromatic rings. The summed E-state index contributed by atoms with van der Waals surface area (Å²) in [5.74, 6) is 1.18. The summed E-state index contributed by atoms with van der Waals surface area (Å²) in [6, 6.07) is 11.4. The maximum Gasteiger partial charge on any atom is 0.346 e. The van der Waals surface area contributed by atoms with Gasteiger partial charge in [0.15, 0.2) is 17.6 Å². The molecule has 0 fully saturated rings. The van der Waals surface area contributed by atoms with Crippen LogP contribution in [0.15, 0.2) is 40.9 Å². The van der Waals surface area contributed by atoms with Gasteiger partial charge in [-0.3, -0.25) is 0 Å². The fourth-order valence-corrected chi connectivity index (χ4v) is 2.96. The highest BCUT2D eigenvalue weighted by Gasteiger charge is 2.20. The van der Waals surface area contributed by atoms with Gasteiger partial charge in [0.25, 0.3) is 0 Å². The number of benzene rings is 2. The summed E-state index contributed by atoms with van der Waals surface area (Å²) >= 11 is 3.54. The topological polar surface area (TPSA) is 73.4 Å². The third kappa shape index (κ3) is 3.46. The summed E-state index contributed by atoms with van der Waals surface area (Å²) in [6.07, 6.45) is -0.747. The fraction of sp³-hybridized carbons (Fsp3) is 0.222. The number of H-pyrrole nitrogens is 1. The van der Waals surface area contributed by atoms with Gasteiger partial charge in [0.05, 0.1) is 25.3 Å². The molecule has 0 saturated heterocycles. The largest absolute Gasteiger partial charge is 0.493 e. The number of rotatable bonds is 5. The lowest BCUT2D eigenvalue weighted by Gasteiger charge is -2.16. The van der Waals surface area contributed by atoms with Gasteiger partial charge < -0.3 is 19.2 Å². The minimum absolute atomic E-state index is 0.437. The van der Waals surface area contributed by atoms with Crippen molar-refractivity contribution in [3.8, 4) is 22.9 Å². The quantitative estimate of drug-likeness (QED) is 0.651. The zero-order chi connectivity index (χ0) is 18.0. The van der Waals surface area contributed by atoms with Crippen molar-refractivity contribution in [3.05, 3.63) is 40.9 Å². The number of methoxy groups -OCH3 is 2. The number of halogens is 1. The maximum atomic E-state index is 11.6. The second-order valence-electron chi connectivity index (χ2n) is 5.37. The molecule has 1 N–H and O–H groups in total. The fourth-order valence-electron chi connectivity index (χ4n) is 2.45. The van der Waals surface area contributed by atoms with Gasteiger partial charge in [0.1, 0.15) is 5.82 Å². The van der Waals surface area contributed by atoms with E-state index in [9.17, 15) is 4.79 Å². The Bertz CT molecular complexity index is 890. The lowest BCUT2D eigenvalue weighted by Crippen LogP contribution is -2.25. The number of fused-ring (bicyclic) bond motifs is 1. The first-order chi connectivity index (χ1) is 12.0. The van der Waals surface area contributed by atoms with E-state index in [0.29, 0.717) is 17.3 Å². The van der Waals surface area contributed by atoms with Crippen molar-refractivity contribution in [2.75, 3.05) is 14.2 Å². The SMILES string of the molecule is COC(=O)C(C)Oc1cc(Br)c(-c2nc3ccccc3[nH]2)cc1OC. The molecular weight excluding hydrogens is 388 g/mol. The highest BCUT2D eigenvalue weighted by atomic mass is 79.9.